The van der Waals surface area contributed by atoms with Gasteiger partial charge in [0.2, 0.25) is 0 Å². The molecule has 2 rings (SSSR count). The van der Waals surface area contributed by atoms with E-state index in [1.807, 2.05) is 19.9 Å². The summed E-state index contributed by atoms with van der Waals surface area (Å²) in [6, 6.07) is 6.33. The number of hydrogen-bond acceptors (Lipinski definition) is 3. The first-order chi connectivity index (χ1) is 9.02. The molecule has 0 radical (unpaired) electrons. The van der Waals surface area contributed by atoms with Crippen LogP contribution < -0.4 is 5.73 Å². The van der Waals surface area contributed by atoms with Crippen molar-refractivity contribution in [3.8, 4) is 11.4 Å². The molecule has 4 heteroatoms. The minimum Gasteiger partial charge on any atom is -0.330 e. The Bertz CT molecular complexity index is 573. The van der Waals surface area contributed by atoms with Crippen LogP contribution in [0.5, 0.6) is 0 Å². The molecule has 0 spiro atoms. The SMILES string of the molecule is Cc1nc(-c2cccc(F)c2)nc(C)c1C(C)CN. The van der Waals surface area contributed by atoms with Crippen LogP contribution in [0.15, 0.2) is 24.3 Å². The number of hydrogen-bond donors (Lipinski definition) is 1. The second kappa shape index (κ2) is 5.45. The van der Waals surface area contributed by atoms with E-state index in [0.29, 0.717) is 17.9 Å². The fraction of sp³-hybridized carbons (Fsp3) is 0.333. The molecule has 0 aliphatic rings. The van der Waals surface area contributed by atoms with Gasteiger partial charge in [-0.15, -0.1) is 0 Å². The van der Waals surface area contributed by atoms with Crippen molar-refractivity contribution in [2.75, 3.05) is 6.54 Å². The lowest BCUT2D eigenvalue weighted by Gasteiger charge is -2.15. The van der Waals surface area contributed by atoms with Gasteiger partial charge < -0.3 is 5.73 Å². The van der Waals surface area contributed by atoms with Crippen LogP contribution in [0, 0.1) is 19.7 Å². The first-order valence-electron chi connectivity index (χ1n) is 6.34. The highest BCUT2D eigenvalue weighted by atomic mass is 19.1. The van der Waals surface area contributed by atoms with Gasteiger partial charge in [-0.3, -0.25) is 0 Å². The maximum absolute atomic E-state index is 13.2. The molecule has 0 bridgehead atoms. The van der Waals surface area contributed by atoms with E-state index in [9.17, 15) is 4.39 Å². The van der Waals surface area contributed by atoms with Gasteiger partial charge in [-0.2, -0.15) is 0 Å². The number of nitrogens with zero attached hydrogens (tertiary/aromatic N) is 2. The maximum atomic E-state index is 13.2. The molecule has 1 aromatic heterocycles. The molecule has 0 saturated carbocycles. The highest BCUT2D eigenvalue weighted by Gasteiger charge is 2.14. The number of nitrogens with two attached hydrogens (primary N) is 1. The first-order valence-corrected chi connectivity index (χ1v) is 6.34. The molecule has 1 unspecified atom stereocenters. The molecule has 0 amide bonds. The number of aryl methyl sites for hydroxylation is 2. The van der Waals surface area contributed by atoms with E-state index in [1.165, 1.54) is 12.1 Å². The van der Waals surface area contributed by atoms with Crippen molar-refractivity contribution in [3.05, 3.63) is 47.0 Å². The Labute approximate surface area is 112 Å². The van der Waals surface area contributed by atoms with Crippen LogP contribution in [0.2, 0.25) is 0 Å². The van der Waals surface area contributed by atoms with Crippen LogP contribution in [-0.4, -0.2) is 16.5 Å². The van der Waals surface area contributed by atoms with E-state index in [4.69, 9.17) is 5.73 Å². The standard InChI is InChI=1S/C15H18FN3/c1-9(8-17)14-10(2)18-15(19-11(14)3)12-5-4-6-13(16)7-12/h4-7,9H,8,17H2,1-3H3. The zero-order valence-electron chi connectivity index (χ0n) is 11.4. The summed E-state index contributed by atoms with van der Waals surface area (Å²) in [6.45, 7) is 6.50. The van der Waals surface area contributed by atoms with Gasteiger partial charge in [0.15, 0.2) is 5.82 Å². The molecule has 1 aromatic carbocycles. The highest BCUT2D eigenvalue weighted by molar-refractivity contribution is 5.55. The topological polar surface area (TPSA) is 51.8 Å². The van der Waals surface area contributed by atoms with E-state index >= 15 is 0 Å². The number of aromatic nitrogens is 2. The van der Waals surface area contributed by atoms with Crippen molar-refractivity contribution < 1.29 is 4.39 Å². The fourth-order valence-corrected chi connectivity index (χ4v) is 2.31. The Balaban J connectivity index is 2.51. The Kier molecular flexibility index (Phi) is 3.90. The average molecular weight is 259 g/mol. The summed E-state index contributed by atoms with van der Waals surface area (Å²) in [7, 11) is 0. The summed E-state index contributed by atoms with van der Waals surface area (Å²) >= 11 is 0. The maximum Gasteiger partial charge on any atom is 0.159 e. The molecule has 0 aliphatic heterocycles. The molecule has 3 nitrogen and oxygen atoms in total. The van der Waals surface area contributed by atoms with Gasteiger partial charge in [0, 0.05) is 17.0 Å². The first kappa shape index (κ1) is 13.6. The van der Waals surface area contributed by atoms with Crippen molar-refractivity contribution in [2.24, 2.45) is 5.73 Å². The molecule has 100 valence electrons. The van der Waals surface area contributed by atoms with Gasteiger partial charge in [0.1, 0.15) is 5.82 Å². The molecule has 2 N–H and O–H groups in total. The molecular formula is C15H18FN3. The normalized spacial score (nSPS) is 12.5. The van der Waals surface area contributed by atoms with E-state index < -0.39 is 0 Å². The molecule has 1 atom stereocenters. The van der Waals surface area contributed by atoms with Crippen LogP contribution in [0.4, 0.5) is 4.39 Å². The van der Waals surface area contributed by atoms with Gasteiger partial charge in [-0.05, 0) is 44.0 Å². The van der Waals surface area contributed by atoms with Crippen LogP contribution in [-0.2, 0) is 0 Å². The third-order valence-corrected chi connectivity index (χ3v) is 3.26. The van der Waals surface area contributed by atoms with Gasteiger partial charge in [-0.1, -0.05) is 19.1 Å². The van der Waals surface area contributed by atoms with Crippen LogP contribution >= 0.6 is 0 Å². The summed E-state index contributed by atoms with van der Waals surface area (Å²) < 4.78 is 13.2. The van der Waals surface area contributed by atoms with Crippen LogP contribution in [0.1, 0.15) is 29.8 Å². The summed E-state index contributed by atoms with van der Waals surface area (Å²) in [5, 5.41) is 0. The van der Waals surface area contributed by atoms with Gasteiger partial charge in [0.05, 0.1) is 0 Å². The number of benzene rings is 1. The predicted molar refractivity (Wildman–Crippen MR) is 74.4 cm³/mol. The zero-order chi connectivity index (χ0) is 14.0. The third-order valence-electron chi connectivity index (χ3n) is 3.26. The molecule has 2 aromatic rings. The van der Waals surface area contributed by atoms with E-state index in [2.05, 4.69) is 16.9 Å². The average Bonchev–Trinajstić information content (AvgIpc) is 2.37. The quantitative estimate of drug-likeness (QED) is 0.922. The molecule has 0 saturated heterocycles. The highest BCUT2D eigenvalue weighted by Crippen LogP contribution is 2.24. The van der Waals surface area contributed by atoms with Crippen molar-refractivity contribution >= 4 is 0 Å². The molecule has 19 heavy (non-hydrogen) atoms. The predicted octanol–water partition coefficient (Wildman–Crippen LogP) is 2.96. The lowest BCUT2D eigenvalue weighted by molar-refractivity contribution is 0.628. The van der Waals surface area contributed by atoms with Crippen molar-refractivity contribution in [1.29, 1.82) is 0 Å². The Morgan fingerprint density at radius 1 is 1.21 bits per heavy atom. The fourth-order valence-electron chi connectivity index (χ4n) is 2.31. The van der Waals surface area contributed by atoms with Crippen LogP contribution in [0.25, 0.3) is 11.4 Å². The van der Waals surface area contributed by atoms with Crippen LogP contribution in [0.3, 0.4) is 0 Å². The Hall–Kier alpha value is -1.81. The second-order valence-corrected chi connectivity index (χ2v) is 4.78. The largest absolute Gasteiger partial charge is 0.330 e. The molecule has 1 heterocycles. The summed E-state index contributed by atoms with van der Waals surface area (Å²) in [6.07, 6.45) is 0. The zero-order valence-corrected chi connectivity index (χ0v) is 11.4. The second-order valence-electron chi connectivity index (χ2n) is 4.78. The lowest BCUT2D eigenvalue weighted by Crippen LogP contribution is -2.14. The van der Waals surface area contributed by atoms with Gasteiger partial charge in [0.25, 0.3) is 0 Å². The van der Waals surface area contributed by atoms with Gasteiger partial charge in [-0.25, -0.2) is 14.4 Å². The Morgan fingerprint density at radius 3 is 2.37 bits per heavy atom. The summed E-state index contributed by atoms with van der Waals surface area (Å²) in [5.74, 6) is 0.500. The minimum absolute atomic E-state index is 0.224. The number of rotatable bonds is 3. The third kappa shape index (κ3) is 2.79. The van der Waals surface area contributed by atoms with Gasteiger partial charge >= 0.3 is 0 Å². The van der Waals surface area contributed by atoms with Crippen molar-refractivity contribution in [3.63, 3.8) is 0 Å². The lowest BCUT2D eigenvalue weighted by atomic mass is 9.98. The van der Waals surface area contributed by atoms with Crippen molar-refractivity contribution in [2.45, 2.75) is 26.7 Å². The van der Waals surface area contributed by atoms with E-state index in [1.54, 1.807) is 6.07 Å². The Morgan fingerprint density at radius 2 is 1.84 bits per heavy atom. The van der Waals surface area contributed by atoms with E-state index in [-0.39, 0.29) is 11.7 Å². The number of halogens is 1. The van der Waals surface area contributed by atoms with Crippen molar-refractivity contribution in [1.82, 2.24) is 9.97 Å². The smallest absolute Gasteiger partial charge is 0.159 e. The summed E-state index contributed by atoms with van der Waals surface area (Å²) in [4.78, 5) is 8.96. The molecule has 0 aliphatic carbocycles. The molecular weight excluding hydrogens is 241 g/mol. The van der Waals surface area contributed by atoms with E-state index in [0.717, 1.165) is 17.0 Å². The minimum atomic E-state index is -0.282. The monoisotopic (exact) mass is 259 g/mol. The molecule has 0 fully saturated rings. The summed E-state index contributed by atoms with van der Waals surface area (Å²) in [5.41, 5.74) is 9.30.